The first kappa shape index (κ1) is 69.7. The summed E-state index contributed by atoms with van der Waals surface area (Å²) in [5, 5.41) is 0.0962. The van der Waals surface area contributed by atoms with Crippen molar-refractivity contribution in [2.75, 3.05) is 5.34 Å². The second-order valence-electron chi connectivity index (χ2n) is 18.6. The minimum absolute atomic E-state index is 0.0491. The third kappa shape index (κ3) is 10.9. The number of fused-ring (bicyclic) bond motifs is 2. The van der Waals surface area contributed by atoms with Crippen LogP contribution in [0.2, 0.25) is 0 Å². The Labute approximate surface area is 504 Å². The van der Waals surface area contributed by atoms with Crippen LogP contribution in [0.15, 0.2) is 73.1 Å². The van der Waals surface area contributed by atoms with Gasteiger partial charge < -0.3 is 9.31 Å². The SMILES string of the molecule is ClCCl.Fc1c(F)c(F)c([B-](Oc2cccc3ccc[nH+]c23)(c2c(F)c(F)c(F)c(F)c2F)c2c(F)c(F)c(F)c(F)c2F)c(F)c1F.Fc1c(F)c(F)c([B-](Oc2cccc3ccc[nH+]c23)(c2c(F)c(F)c(F)c(F)c2F)c2c(F)c(F)c(F)c(F)c2F)c(F)c1F. The molecule has 0 aliphatic heterocycles. The third-order valence-electron chi connectivity index (χ3n) is 13.8. The van der Waals surface area contributed by atoms with E-state index in [-0.39, 0.29) is 16.1 Å². The summed E-state index contributed by atoms with van der Waals surface area (Å²) in [5.41, 5.74) is -18.2. The van der Waals surface area contributed by atoms with E-state index < -0.39 is 243 Å². The van der Waals surface area contributed by atoms with Gasteiger partial charge in [0.2, 0.25) is 11.0 Å². The first-order valence-electron chi connectivity index (χ1n) is 24.3. The number of hydrogen-bond donors (Lipinski definition) is 0. The number of halogens is 32. The van der Waals surface area contributed by atoms with Crippen LogP contribution in [0.3, 0.4) is 0 Å². The average Bonchev–Trinajstić information content (AvgIpc) is 0.704. The molecule has 2 aromatic heterocycles. The van der Waals surface area contributed by atoms with Crippen LogP contribution in [-0.4, -0.2) is 18.0 Å². The minimum atomic E-state index is -6.20. The molecule has 0 saturated heterocycles. The fourth-order valence-electron chi connectivity index (χ4n) is 9.92. The summed E-state index contributed by atoms with van der Waals surface area (Å²) in [4.78, 5) is 4.76. The van der Waals surface area contributed by atoms with Crippen molar-refractivity contribution in [2.45, 2.75) is 0 Å². The van der Waals surface area contributed by atoms with Crippen LogP contribution < -0.4 is 52.1 Å². The average molecular weight is 1400 g/mol. The van der Waals surface area contributed by atoms with Crippen molar-refractivity contribution in [1.29, 1.82) is 0 Å². The van der Waals surface area contributed by atoms with Crippen molar-refractivity contribution in [1.82, 2.24) is 0 Å². The van der Waals surface area contributed by atoms with E-state index in [4.69, 9.17) is 32.5 Å². The predicted molar refractivity (Wildman–Crippen MR) is 266 cm³/mol. The monoisotopic (exact) mass is 1400 g/mol. The molecular weight excluding hydrogens is 1380 g/mol. The zero-order chi connectivity index (χ0) is 69.3. The standard InChI is InChI=1S/2C27H6BF15NO.CH2Cl2/c2*29-12-9(13(30)19(36)24(41)18(12)35)28(10-14(31)20(37)25(42)21(38)15(10)32,11-16(33)22(39)26(43)23(40)17(11)34)45-8-5-1-3-7-4-2-6-44-27(7)8;2-1-3/h2*1-6H;1H2/q2*-1;/p+2. The van der Waals surface area contributed by atoms with Crippen LogP contribution in [0.4, 0.5) is 132 Å². The molecule has 0 amide bonds. The number of alkyl halides is 2. The highest BCUT2D eigenvalue weighted by Gasteiger charge is 2.53. The number of aromatic amines is 2. The number of benzene rings is 8. The van der Waals surface area contributed by atoms with Crippen molar-refractivity contribution in [3.8, 4) is 11.5 Å². The predicted octanol–water partition coefficient (Wildman–Crippen LogP) is 13.0. The summed E-state index contributed by atoms with van der Waals surface area (Å²) in [6, 6.07) is 10.6. The van der Waals surface area contributed by atoms with Gasteiger partial charge in [0.05, 0.1) is 16.1 Å². The Morgan fingerprint density at radius 3 is 0.559 bits per heavy atom. The molecule has 0 saturated carbocycles. The van der Waals surface area contributed by atoms with E-state index in [0.29, 0.717) is 12.1 Å². The van der Waals surface area contributed by atoms with Gasteiger partial charge in [0.15, 0.2) is 117 Å². The van der Waals surface area contributed by atoms with Gasteiger partial charge in [0, 0.05) is 12.1 Å². The minimum Gasteiger partial charge on any atom is -0.698 e. The molecule has 0 spiro atoms. The second-order valence-corrected chi connectivity index (χ2v) is 19.4. The molecule has 488 valence electrons. The van der Waals surface area contributed by atoms with Crippen molar-refractivity contribution < 1.29 is 151 Å². The summed E-state index contributed by atoms with van der Waals surface area (Å²) in [5.74, 6) is -95.8. The molecule has 0 bridgehead atoms. The van der Waals surface area contributed by atoms with Gasteiger partial charge in [-0.3, -0.25) is 0 Å². The van der Waals surface area contributed by atoms with Gasteiger partial charge in [-0.1, -0.05) is 44.9 Å². The van der Waals surface area contributed by atoms with E-state index in [1.165, 1.54) is 36.4 Å². The third-order valence-corrected chi connectivity index (χ3v) is 13.8. The van der Waals surface area contributed by atoms with Crippen LogP contribution in [0.1, 0.15) is 0 Å². The number of nitrogens with one attached hydrogen (secondary N) is 2. The second kappa shape index (κ2) is 26.1. The molecule has 0 atom stereocenters. The maximum absolute atomic E-state index is 15.6. The lowest BCUT2D eigenvalue weighted by Gasteiger charge is -2.44. The smallest absolute Gasteiger partial charge is 0.266 e. The molecular formula is C55H16B2Cl2F30N2O2. The highest BCUT2D eigenvalue weighted by molar-refractivity contribution is 7.08. The van der Waals surface area contributed by atoms with E-state index in [9.17, 15) is 79.0 Å². The first-order chi connectivity index (χ1) is 43.6. The maximum atomic E-state index is 15.6. The van der Waals surface area contributed by atoms with Crippen LogP contribution in [-0.2, 0) is 0 Å². The summed E-state index contributed by atoms with van der Waals surface area (Å²) in [6.07, 6.45) is -10.3. The summed E-state index contributed by atoms with van der Waals surface area (Å²) in [6.45, 7) is 0. The maximum Gasteiger partial charge on any atom is 0.266 e. The summed E-state index contributed by atoms with van der Waals surface area (Å²) in [7, 11) is 0. The molecule has 0 fully saturated rings. The fourth-order valence-corrected chi connectivity index (χ4v) is 9.92. The molecule has 0 aliphatic carbocycles. The lowest BCUT2D eigenvalue weighted by atomic mass is 9.27. The van der Waals surface area contributed by atoms with Crippen molar-refractivity contribution >= 4 is 90.5 Å². The quantitative estimate of drug-likeness (QED) is 0.0450. The van der Waals surface area contributed by atoms with Gasteiger partial charge in [-0.15, -0.1) is 23.2 Å². The molecule has 10 rings (SSSR count). The van der Waals surface area contributed by atoms with E-state index >= 15 is 52.7 Å². The van der Waals surface area contributed by atoms with Gasteiger partial charge in [0.1, 0.15) is 81.3 Å². The Hall–Kier alpha value is -9.21. The van der Waals surface area contributed by atoms with E-state index in [1.807, 2.05) is 0 Å². The zero-order valence-electron chi connectivity index (χ0n) is 43.7. The van der Waals surface area contributed by atoms with Gasteiger partial charge >= 0.3 is 0 Å². The lowest BCUT2D eigenvalue weighted by molar-refractivity contribution is -0.345. The molecule has 38 heteroatoms. The van der Waals surface area contributed by atoms with Crippen LogP contribution in [0, 0.1) is 175 Å². The van der Waals surface area contributed by atoms with Crippen LogP contribution in [0.5, 0.6) is 11.5 Å². The van der Waals surface area contributed by atoms with E-state index in [0.717, 1.165) is 24.5 Å². The number of aromatic nitrogens is 2. The van der Waals surface area contributed by atoms with Crippen molar-refractivity contribution in [2.24, 2.45) is 0 Å². The fraction of sp³-hybridized carbons (Fsp3) is 0.0182. The van der Waals surface area contributed by atoms with E-state index in [1.54, 1.807) is 0 Å². The van der Waals surface area contributed by atoms with Gasteiger partial charge in [-0.2, -0.15) is 0 Å². The Balaban J connectivity index is 0.000000229. The Morgan fingerprint density at radius 2 is 0.387 bits per heavy atom. The Morgan fingerprint density at radius 1 is 0.237 bits per heavy atom. The van der Waals surface area contributed by atoms with Crippen LogP contribution in [0.25, 0.3) is 21.8 Å². The number of rotatable bonds is 10. The number of H-pyrrole nitrogens is 2. The van der Waals surface area contributed by atoms with E-state index in [2.05, 4.69) is 9.97 Å². The topological polar surface area (TPSA) is 46.7 Å². The highest BCUT2D eigenvalue weighted by atomic mass is 35.5. The molecule has 0 radical (unpaired) electrons. The molecule has 10 aromatic rings. The van der Waals surface area contributed by atoms with Crippen LogP contribution >= 0.6 is 23.2 Å². The van der Waals surface area contributed by atoms with Crippen molar-refractivity contribution in [3.63, 3.8) is 0 Å². The normalized spacial score (nSPS) is 11.7. The molecule has 4 nitrogen and oxygen atoms in total. The summed E-state index contributed by atoms with van der Waals surface area (Å²) < 4.78 is 457. The Bertz CT molecular complexity index is 3950. The lowest BCUT2D eigenvalue weighted by Crippen LogP contribution is -2.77. The number of hydrogen-bond acceptors (Lipinski definition) is 2. The largest absolute Gasteiger partial charge is 0.698 e. The molecule has 93 heavy (non-hydrogen) atoms. The van der Waals surface area contributed by atoms with Gasteiger partial charge in [-0.25, -0.2) is 142 Å². The molecule has 0 unspecified atom stereocenters. The summed E-state index contributed by atoms with van der Waals surface area (Å²) >= 11 is 9.53. The molecule has 0 aliphatic rings. The number of para-hydroxylation sites is 2. The molecule has 2 N–H and O–H groups in total. The first-order valence-corrected chi connectivity index (χ1v) is 25.4. The highest BCUT2D eigenvalue weighted by Crippen LogP contribution is 2.35. The molecule has 2 heterocycles. The Kier molecular flexibility index (Phi) is 19.5. The number of pyridine rings is 2. The zero-order valence-corrected chi connectivity index (χ0v) is 45.2. The molecule has 8 aromatic carbocycles. The van der Waals surface area contributed by atoms with Gasteiger partial charge in [0.25, 0.3) is 12.7 Å². The van der Waals surface area contributed by atoms with Crippen molar-refractivity contribution in [3.05, 3.63) is 248 Å². The van der Waals surface area contributed by atoms with Gasteiger partial charge in [-0.05, 0) is 36.4 Å².